The van der Waals surface area contributed by atoms with Crippen LogP contribution in [0.5, 0.6) is 17.2 Å². The van der Waals surface area contributed by atoms with E-state index in [0.717, 1.165) is 22.6 Å². The van der Waals surface area contributed by atoms with Crippen molar-refractivity contribution in [3.63, 3.8) is 0 Å². The van der Waals surface area contributed by atoms with Gasteiger partial charge in [-0.1, -0.05) is 24.3 Å². The summed E-state index contributed by atoms with van der Waals surface area (Å²) in [6, 6.07) is 13.7. The second-order valence-electron chi connectivity index (χ2n) is 3.77. The molecule has 0 bridgehead atoms. The smallest absolute Gasteiger partial charge is 0.161 e. The van der Waals surface area contributed by atoms with Crippen molar-refractivity contribution in [1.82, 2.24) is 0 Å². The van der Waals surface area contributed by atoms with Crippen molar-refractivity contribution < 1.29 is 14.2 Å². The Morgan fingerprint density at radius 2 is 1.33 bits per heavy atom. The first-order valence-electron chi connectivity index (χ1n) is 5.65. The molecule has 0 radical (unpaired) electrons. The number of rotatable bonds is 4. The molecule has 2 rings (SSSR count). The normalized spacial score (nSPS) is 9.94. The lowest BCUT2D eigenvalue weighted by Gasteiger charge is -2.12. The highest BCUT2D eigenvalue weighted by atomic mass is 16.5. The van der Waals surface area contributed by atoms with Gasteiger partial charge >= 0.3 is 0 Å². The fourth-order valence-electron chi connectivity index (χ4n) is 1.89. The minimum Gasteiger partial charge on any atom is -0.496 e. The third-order valence-corrected chi connectivity index (χ3v) is 2.80. The van der Waals surface area contributed by atoms with Gasteiger partial charge in [-0.15, -0.1) is 0 Å². The summed E-state index contributed by atoms with van der Waals surface area (Å²) in [5.74, 6) is 2.27. The van der Waals surface area contributed by atoms with Gasteiger partial charge in [0.05, 0.1) is 21.3 Å². The van der Waals surface area contributed by atoms with Gasteiger partial charge in [0, 0.05) is 5.56 Å². The van der Waals surface area contributed by atoms with E-state index in [1.165, 1.54) is 0 Å². The lowest BCUT2D eigenvalue weighted by Crippen LogP contribution is -1.92. The summed E-state index contributed by atoms with van der Waals surface area (Å²) in [6.07, 6.45) is 0. The fourth-order valence-corrected chi connectivity index (χ4v) is 1.89. The molecule has 18 heavy (non-hydrogen) atoms. The molecule has 2 aromatic rings. The molecule has 0 atom stereocenters. The Hall–Kier alpha value is -2.16. The van der Waals surface area contributed by atoms with Crippen LogP contribution in [0.3, 0.4) is 0 Å². The van der Waals surface area contributed by atoms with Crippen LogP contribution in [-0.4, -0.2) is 21.3 Å². The van der Waals surface area contributed by atoms with Gasteiger partial charge in [0.25, 0.3) is 0 Å². The molecule has 3 nitrogen and oxygen atoms in total. The number of para-hydroxylation sites is 1. The van der Waals surface area contributed by atoms with E-state index in [1.54, 1.807) is 21.3 Å². The molecular weight excluding hydrogens is 228 g/mol. The van der Waals surface area contributed by atoms with Crippen molar-refractivity contribution in [1.29, 1.82) is 0 Å². The Balaban J connectivity index is 2.51. The minimum atomic E-state index is 0.709. The van der Waals surface area contributed by atoms with Gasteiger partial charge in [0.15, 0.2) is 11.5 Å². The Bertz CT molecular complexity index is 535. The van der Waals surface area contributed by atoms with Gasteiger partial charge in [-0.05, 0) is 23.8 Å². The van der Waals surface area contributed by atoms with Crippen LogP contribution in [0.4, 0.5) is 0 Å². The molecule has 0 aliphatic rings. The number of hydrogen-bond acceptors (Lipinski definition) is 3. The zero-order valence-corrected chi connectivity index (χ0v) is 10.8. The minimum absolute atomic E-state index is 0.709. The Morgan fingerprint density at radius 1 is 0.667 bits per heavy atom. The molecule has 0 saturated heterocycles. The molecule has 0 unspecified atom stereocenters. The third kappa shape index (κ3) is 2.25. The molecule has 3 heteroatoms. The first kappa shape index (κ1) is 12.3. The monoisotopic (exact) mass is 244 g/mol. The highest BCUT2D eigenvalue weighted by Crippen LogP contribution is 2.35. The molecular formula is C15H16O3. The van der Waals surface area contributed by atoms with E-state index in [4.69, 9.17) is 14.2 Å². The third-order valence-electron chi connectivity index (χ3n) is 2.80. The maximum absolute atomic E-state index is 5.36. The lowest BCUT2D eigenvalue weighted by atomic mass is 10.0. The van der Waals surface area contributed by atoms with Crippen molar-refractivity contribution >= 4 is 0 Å². The van der Waals surface area contributed by atoms with Gasteiger partial charge in [-0.3, -0.25) is 0 Å². The Labute approximate surface area is 107 Å². The average molecular weight is 244 g/mol. The molecule has 0 heterocycles. The van der Waals surface area contributed by atoms with Crippen LogP contribution in [0.15, 0.2) is 42.5 Å². The summed E-state index contributed by atoms with van der Waals surface area (Å²) >= 11 is 0. The Kier molecular flexibility index (Phi) is 3.72. The highest BCUT2D eigenvalue weighted by molar-refractivity contribution is 5.72. The van der Waals surface area contributed by atoms with Crippen molar-refractivity contribution in [2.45, 2.75) is 0 Å². The van der Waals surface area contributed by atoms with E-state index in [2.05, 4.69) is 0 Å². The van der Waals surface area contributed by atoms with Gasteiger partial charge in [0.2, 0.25) is 0 Å². The fraction of sp³-hybridized carbons (Fsp3) is 0.200. The van der Waals surface area contributed by atoms with Crippen molar-refractivity contribution in [3.05, 3.63) is 42.5 Å². The molecule has 0 aliphatic heterocycles. The molecule has 0 saturated carbocycles. The summed E-state index contributed by atoms with van der Waals surface area (Å²) in [7, 11) is 4.92. The quantitative estimate of drug-likeness (QED) is 0.825. The van der Waals surface area contributed by atoms with Gasteiger partial charge in [-0.2, -0.15) is 0 Å². The molecule has 0 fully saturated rings. The van der Waals surface area contributed by atoms with Crippen LogP contribution in [0, 0.1) is 0 Å². The topological polar surface area (TPSA) is 27.7 Å². The largest absolute Gasteiger partial charge is 0.496 e. The van der Waals surface area contributed by atoms with Crippen molar-refractivity contribution in [2.24, 2.45) is 0 Å². The van der Waals surface area contributed by atoms with E-state index in [-0.39, 0.29) is 0 Å². The molecule has 0 aliphatic carbocycles. The van der Waals surface area contributed by atoms with E-state index in [0.29, 0.717) is 5.75 Å². The standard InChI is InChI=1S/C15H16O3/c1-16-13-7-5-4-6-12(13)11-8-9-14(17-2)15(10-11)18-3/h4-10H,1-3H3. The predicted octanol–water partition coefficient (Wildman–Crippen LogP) is 3.38. The highest BCUT2D eigenvalue weighted by Gasteiger charge is 2.09. The SMILES string of the molecule is COc1ccc(-c2ccccc2OC)cc1OC. The van der Waals surface area contributed by atoms with E-state index in [1.807, 2.05) is 42.5 Å². The van der Waals surface area contributed by atoms with Crippen molar-refractivity contribution in [3.8, 4) is 28.4 Å². The second kappa shape index (κ2) is 5.45. The summed E-state index contributed by atoms with van der Waals surface area (Å²) in [6.45, 7) is 0. The number of hydrogen-bond donors (Lipinski definition) is 0. The van der Waals surface area contributed by atoms with Crippen LogP contribution in [0.2, 0.25) is 0 Å². The maximum Gasteiger partial charge on any atom is 0.161 e. The number of ether oxygens (including phenoxy) is 3. The van der Waals surface area contributed by atoms with Crippen LogP contribution in [0.25, 0.3) is 11.1 Å². The molecule has 94 valence electrons. The predicted molar refractivity (Wildman–Crippen MR) is 71.5 cm³/mol. The van der Waals surface area contributed by atoms with Crippen LogP contribution >= 0.6 is 0 Å². The molecule has 0 amide bonds. The summed E-state index contributed by atoms with van der Waals surface area (Å²) in [5.41, 5.74) is 2.06. The summed E-state index contributed by atoms with van der Waals surface area (Å²) in [4.78, 5) is 0. The first-order valence-corrected chi connectivity index (χ1v) is 5.65. The number of benzene rings is 2. The van der Waals surface area contributed by atoms with Gasteiger partial charge in [0.1, 0.15) is 5.75 Å². The average Bonchev–Trinajstić information content (AvgIpc) is 2.46. The van der Waals surface area contributed by atoms with Gasteiger partial charge in [-0.25, -0.2) is 0 Å². The second-order valence-corrected chi connectivity index (χ2v) is 3.77. The van der Waals surface area contributed by atoms with E-state index >= 15 is 0 Å². The first-order chi connectivity index (χ1) is 8.80. The molecule has 0 spiro atoms. The molecule has 0 N–H and O–H groups in total. The zero-order chi connectivity index (χ0) is 13.0. The molecule has 2 aromatic carbocycles. The molecule has 0 aromatic heterocycles. The number of methoxy groups -OCH3 is 3. The van der Waals surface area contributed by atoms with Crippen LogP contribution < -0.4 is 14.2 Å². The van der Waals surface area contributed by atoms with Crippen LogP contribution in [-0.2, 0) is 0 Å². The van der Waals surface area contributed by atoms with Crippen molar-refractivity contribution in [2.75, 3.05) is 21.3 Å². The van der Waals surface area contributed by atoms with Crippen LogP contribution in [0.1, 0.15) is 0 Å². The summed E-state index contributed by atoms with van der Waals surface area (Å²) < 4.78 is 15.9. The lowest BCUT2D eigenvalue weighted by molar-refractivity contribution is 0.355. The summed E-state index contributed by atoms with van der Waals surface area (Å²) in [5, 5.41) is 0. The Morgan fingerprint density at radius 3 is 2.00 bits per heavy atom. The van der Waals surface area contributed by atoms with E-state index in [9.17, 15) is 0 Å². The zero-order valence-electron chi connectivity index (χ0n) is 10.8. The maximum atomic E-state index is 5.36. The van der Waals surface area contributed by atoms with Gasteiger partial charge < -0.3 is 14.2 Å². The van der Waals surface area contributed by atoms with E-state index < -0.39 is 0 Å².